The number of carbonyl (C=O) groups is 2. The Morgan fingerprint density at radius 3 is 1.67 bits per heavy atom. The molecule has 0 spiro atoms. The van der Waals surface area contributed by atoms with Crippen LogP contribution in [0, 0.1) is 0 Å². The standard InChI is InChI=1S/C23H30N2O7S.C12H15NO2.C11H15NO5S/c1-17(26)24-22(14-18-6-4-3-5-7-18)23(27)15-25(32-20-12-13-31-16-20)33(28,29)21-10-8-19(30-2)9-11-21;1-9(14)13-11(12-8-15-12)7-10-5-3-2-4-6-10;1-15-9-2-4-11(5-3-9)18(13,14)12-17-10-6-7-16-8-10/h3-11,20,22-23,27H,12-16H2,1-2H3,(H,24,26);2-6,11-12H,7-8H2,1H3,(H,13,14);2-5,10,12H,6-8H2,1H3. The van der Waals surface area contributed by atoms with Crippen LogP contribution in [0.3, 0.4) is 0 Å². The highest BCUT2D eigenvalue weighted by Crippen LogP contribution is 2.24. The van der Waals surface area contributed by atoms with Gasteiger partial charge in [0.05, 0.1) is 68.6 Å². The summed E-state index contributed by atoms with van der Waals surface area (Å²) in [5.74, 6) is 0.786. The highest BCUT2D eigenvalue weighted by Gasteiger charge is 2.35. The van der Waals surface area contributed by atoms with Crippen LogP contribution in [0.4, 0.5) is 0 Å². The summed E-state index contributed by atoms with van der Waals surface area (Å²) in [5.41, 5.74) is 2.12. The second-order valence-corrected chi connectivity index (χ2v) is 19.0. The normalized spacial score (nSPS) is 19.2. The first-order valence-electron chi connectivity index (χ1n) is 21.4. The van der Waals surface area contributed by atoms with Crippen molar-refractivity contribution in [1.29, 1.82) is 0 Å². The van der Waals surface area contributed by atoms with E-state index in [2.05, 4.69) is 27.7 Å². The molecule has 66 heavy (non-hydrogen) atoms. The number of methoxy groups -OCH3 is 2. The zero-order chi connectivity index (χ0) is 47.5. The average molecular weight is 957 g/mol. The minimum atomic E-state index is -4.12. The number of aliphatic hydroxyl groups is 1. The highest BCUT2D eigenvalue weighted by atomic mass is 32.2. The fourth-order valence-corrected chi connectivity index (χ4v) is 8.90. The third kappa shape index (κ3) is 17.0. The van der Waals surface area contributed by atoms with Crippen LogP contribution in [0.5, 0.6) is 11.5 Å². The molecule has 3 aliphatic heterocycles. The lowest BCUT2D eigenvalue weighted by Gasteiger charge is -2.30. The predicted octanol–water partition coefficient (Wildman–Crippen LogP) is 3.34. The maximum atomic E-state index is 13.4. The Morgan fingerprint density at radius 2 is 1.20 bits per heavy atom. The van der Waals surface area contributed by atoms with Gasteiger partial charge < -0.3 is 39.4 Å². The van der Waals surface area contributed by atoms with Crippen molar-refractivity contribution in [1.82, 2.24) is 20.0 Å². The van der Waals surface area contributed by atoms with Crippen molar-refractivity contribution in [2.24, 2.45) is 0 Å². The number of hydrogen-bond donors (Lipinski definition) is 4. The molecule has 0 aromatic heterocycles. The number of benzene rings is 4. The van der Waals surface area contributed by atoms with Gasteiger partial charge in [-0.3, -0.25) is 19.3 Å². The first-order chi connectivity index (χ1) is 31.7. The van der Waals surface area contributed by atoms with E-state index in [1.54, 1.807) is 19.1 Å². The van der Waals surface area contributed by atoms with Crippen molar-refractivity contribution >= 4 is 31.9 Å². The number of hydrogen-bond acceptors (Lipinski definition) is 14. The van der Waals surface area contributed by atoms with Gasteiger partial charge in [0, 0.05) is 39.9 Å². The number of amides is 2. The van der Waals surface area contributed by atoms with Crippen molar-refractivity contribution in [2.45, 2.75) is 85.8 Å². The summed E-state index contributed by atoms with van der Waals surface area (Å²) in [5, 5.41) is 16.7. The van der Waals surface area contributed by atoms with E-state index in [1.165, 1.54) is 63.1 Å². The van der Waals surface area contributed by atoms with Gasteiger partial charge in [-0.2, -0.15) is 0 Å². The fourth-order valence-electron chi connectivity index (χ4n) is 6.75. The molecule has 0 bridgehead atoms. The molecule has 18 nitrogen and oxygen atoms in total. The van der Waals surface area contributed by atoms with Crippen molar-refractivity contribution in [3.63, 3.8) is 0 Å². The quantitative estimate of drug-likeness (QED) is 0.0736. The number of epoxide rings is 1. The van der Waals surface area contributed by atoms with Gasteiger partial charge in [0.2, 0.25) is 11.8 Å². The largest absolute Gasteiger partial charge is 0.497 e. The number of ether oxygens (including phenoxy) is 5. The second-order valence-electron chi connectivity index (χ2n) is 15.6. The first kappa shape index (κ1) is 52.0. The number of aliphatic hydroxyl groups excluding tert-OH is 1. The van der Waals surface area contributed by atoms with Gasteiger partial charge in [-0.15, -0.1) is 0 Å². The predicted molar refractivity (Wildman–Crippen MR) is 242 cm³/mol. The van der Waals surface area contributed by atoms with Crippen molar-refractivity contribution in [3.8, 4) is 11.5 Å². The molecule has 360 valence electrons. The molecular formula is C46H60N4O14S2. The smallest absolute Gasteiger partial charge is 0.265 e. The van der Waals surface area contributed by atoms with E-state index < -0.39 is 38.3 Å². The monoisotopic (exact) mass is 956 g/mol. The molecule has 2 amide bonds. The third-order valence-corrected chi connectivity index (χ3v) is 13.2. The Hall–Kier alpha value is -5.00. The van der Waals surface area contributed by atoms with Crippen LogP contribution in [0.2, 0.25) is 0 Å². The van der Waals surface area contributed by atoms with Crippen LogP contribution < -0.4 is 25.0 Å². The molecule has 0 saturated carbocycles. The molecule has 3 saturated heterocycles. The molecule has 4 aromatic rings. The Kier molecular flexibility index (Phi) is 20.3. The Morgan fingerprint density at radius 1 is 0.697 bits per heavy atom. The third-order valence-electron chi connectivity index (χ3n) is 10.3. The summed E-state index contributed by atoms with van der Waals surface area (Å²) >= 11 is 0. The zero-order valence-electron chi connectivity index (χ0n) is 37.4. The minimum Gasteiger partial charge on any atom is -0.497 e. The number of rotatable bonds is 20. The van der Waals surface area contributed by atoms with Gasteiger partial charge in [-0.1, -0.05) is 70.0 Å². The van der Waals surface area contributed by atoms with Crippen molar-refractivity contribution in [2.75, 3.05) is 53.8 Å². The SMILES string of the molecule is CC(=O)NC(Cc1ccccc1)C1CO1.COc1ccc(S(=O)(=O)N(CC(O)C(Cc2ccccc2)NC(C)=O)OC2CCOC2)cc1.COc1ccc(S(=O)(=O)NOC2CCOC2)cc1. The highest BCUT2D eigenvalue weighted by molar-refractivity contribution is 7.89. The Bertz CT molecular complexity index is 2290. The van der Waals surface area contributed by atoms with Crippen LogP contribution in [-0.4, -0.2) is 129 Å². The Balaban J connectivity index is 0.000000207. The van der Waals surface area contributed by atoms with E-state index >= 15 is 0 Å². The lowest BCUT2D eigenvalue weighted by Crippen LogP contribution is -2.50. The van der Waals surface area contributed by atoms with Crippen LogP contribution in [0.15, 0.2) is 119 Å². The maximum absolute atomic E-state index is 13.4. The average Bonchev–Trinajstić information content (AvgIpc) is 3.77. The van der Waals surface area contributed by atoms with Gasteiger partial charge in [0.15, 0.2) is 0 Å². The second kappa shape index (κ2) is 25.8. The van der Waals surface area contributed by atoms with Crippen molar-refractivity contribution in [3.05, 3.63) is 120 Å². The van der Waals surface area contributed by atoms with E-state index in [-0.39, 0.29) is 53.0 Å². The molecule has 0 aliphatic carbocycles. The number of carbonyl (C=O) groups excluding carboxylic acids is 2. The minimum absolute atomic E-state index is 0.00595. The van der Waals surface area contributed by atoms with Crippen molar-refractivity contribution < 1.29 is 64.9 Å². The number of sulfonamides is 2. The van der Waals surface area contributed by atoms with E-state index in [0.717, 1.165) is 23.1 Å². The fraction of sp³-hybridized carbons (Fsp3) is 0.435. The molecule has 4 N–H and O–H groups in total. The molecule has 0 radical (unpaired) electrons. The number of hydroxylamine groups is 1. The summed E-state index contributed by atoms with van der Waals surface area (Å²) in [6.45, 7) is 5.00. The van der Waals surface area contributed by atoms with Crippen LogP contribution >= 0.6 is 0 Å². The zero-order valence-corrected chi connectivity index (χ0v) is 39.1. The molecule has 7 rings (SSSR count). The molecule has 6 unspecified atom stereocenters. The summed E-state index contributed by atoms with van der Waals surface area (Å²) in [6.07, 6.45) is 0.667. The van der Waals surface area contributed by atoms with E-state index in [1.807, 2.05) is 48.5 Å². The summed E-state index contributed by atoms with van der Waals surface area (Å²) < 4.78 is 77.0. The summed E-state index contributed by atoms with van der Waals surface area (Å²) in [4.78, 5) is 35.9. The summed E-state index contributed by atoms with van der Waals surface area (Å²) in [7, 11) is -4.76. The molecule has 3 aliphatic rings. The molecular weight excluding hydrogens is 897 g/mol. The molecule has 3 fully saturated rings. The maximum Gasteiger partial charge on any atom is 0.265 e. The van der Waals surface area contributed by atoms with E-state index in [9.17, 15) is 31.5 Å². The molecule has 6 atom stereocenters. The lowest BCUT2D eigenvalue weighted by atomic mass is 10.0. The number of nitrogens with one attached hydrogen (secondary N) is 3. The van der Waals surface area contributed by atoms with E-state index in [4.69, 9.17) is 33.4 Å². The first-order valence-corrected chi connectivity index (χ1v) is 24.3. The van der Waals surface area contributed by atoms with Crippen LogP contribution in [0.1, 0.15) is 37.8 Å². The topological polar surface area (TPSA) is 230 Å². The summed E-state index contributed by atoms with van der Waals surface area (Å²) in [6, 6.07) is 30.8. The molecule has 3 heterocycles. The molecule has 20 heteroatoms. The Labute approximate surface area is 386 Å². The van der Waals surface area contributed by atoms with Crippen LogP contribution in [-0.2, 0) is 66.4 Å². The van der Waals surface area contributed by atoms with Gasteiger partial charge in [0.1, 0.15) is 29.8 Å². The number of nitrogens with zero attached hydrogens (tertiary/aromatic N) is 1. The van der Waals surface area contributed by atoms with Gasteiger partial charge in [-0.25, -0.2) is 16.8 Å². The van der Waals surface area contributed by atoms with Gasteiger partial charge in [-0.05, 0) is 72.5 Å². The van der Waals surface area contributed by atoms with Gasteiger partial charge >= 0.3 is 0 Å². The lowest BCUT2D eigenvalue weighted by molar-refractivity contribution is -0.148. The van der Waals surface area contributed by atoms with E-state index in [0.29, 0.717) is 50.6 Å². The molecule has 4 aromatic carbocycles. The van der Waals surface area contributed by atoms with Gasteiger partial charge in [0.25, 0.3) is 20.0 Å². The van der Waals surface area contributed by atoms with Crippen LogP contribution in [0.25, 0.3) is 0 Å².